The molecule has 0 spiro atoms. The van der Waals surface area contributed by atoms with Gasteiger partial charge in [-0.3, -0.25) is 0 Å². The molecule has 3 heteroatoms. The van der Waals surface area contributed by atoms with Gasteiger partial charge in [0.05, 0.1) is 6.61 Å². The first-order valence-corrected chi connectivity index (χ1v) is 13.3. The van der Waals surface area contributed by atoms with E-state index in [0.29, 0.717) is 12.5 Å². The van der Waals surface area contributed by atoms with Crippen molar-refractivity contribution in [2.75, 3.05) is 11.9 Å². The first-order chi connectivity index (χ1) is 17.0. The Bertz CT molecular complexity index is 1030. The highest BCUT2D eigenvalue weighted by Gasteiger charge is 2.11. The van der Waals surface area contributed by atoms with E-state index in [2.05, 4.69) is 82.4 Å². The molecular formula is C32H43NO2. The predicted octanol–water partition coefficient (Wildman–Crippen LogP) is 9.43. The van der Waals surface area contributed by atoms with Gasteiger partial charge >= 0.3 is 0 Å². The molecule has 188 valence electrons. The highest BCUT2D eigenvalue weighted by molar-refractivity contribution is 5.67. The van der Waals surface area contributed by atoms with Crippen LogP contribution in [0.1, 0.15) is 82.4 Å². The minimum Gasteiger partial charge on any atom is -0.494 e. The summed E-state index contributed by atoms with van der Waals surface area (Å²) >= 11 is 0. The molecule has 3 aromatic rings. The fourth-order valence-electron chi connectivity index (χ4n) is 4.54. The van der Waals surface area contributed by atoms with Crippen molar-refractivity contribution in [1.29, 1.82) is 0 Å². The Kier molecular flexibility index (Phi) is 10.5. The van der Waals surface area contributed by atoms with E-state index >= 15 is 0 Å². The van der Waals surface area contributed by atoms with E-state index in [9.17, 15) is 0 Å². The van der Waals surface area contributed by atoms with Crippen LogP contribution >= 0.6 is 0 Å². The fraction of sp³-hybridized carbons (Fsp3) is 0.438. The van der Waals surface area contributed by atoms with Crippen LogP contribution in [0.3, 0.4) is 0 Å². The Morgan fingerprint density at radius 2 is 1.63 bits per heavy atom. The van der Waals surface area contributed by atoms with E-state index in [1.54, 1.807) is 0 Å². The van der Waals surface area contributed by atoms with Crippen LogP contribution < -0.4 is 14.8 Å². The van der Waals surface area contributed by atoms with Crippen LogP contribution in [-0.2, 0) is 6.61 Å². The number of anilines is 2. The largest absolute Gasteiger partial charge is 0.494 e. The third-order valence-corrected chi connectivity index (χ3v) is 6.52. The third kappa shape index (κ3) is 8.65. The number of aryl methyl sites for hydroxylation is 1. The summed E-state index contributed by atoms with van der Waals surface area (Å²) < 4.78 is 12.2. The van der Waals surface area contributed by atoms with E-state index < -0.39 is 0 Å². The summed E-state index contributed by atoms with van der Waals surface area (Å²) in [5, 5.41) is 3.64. The molecule has 0 amide bonds. The van der Waals surface area contributed by atoms with Gasteiger partial charge in [0.2, 0.25) is 0 Å². The maximum Gasteiger partial charge on any atom is 0.121 e. The average Bonchev–Trinajstić information content (AvgIpc) is 2.85. The molecule has 0 aliphatic rings. The monoisotopic (exact) mass is 473 g/mol. The number of ether oxygens (including phenoxy) is 2. The van der Waals surface area contributed by atoms with Crippen LogP contribution in [0.25, 0.3) is 0 Å². The molecule has 0 aliphatic carbocycles. The van der Waals surface area contributed by atoms with Crippen molar-refractivity contribution in [3.8, 4) is 11.5 Å². The van der Waals surface area contributed by atoms with Crippen molar-refractivity contribution in [2.45, 2.75) is 79.2 Å². The van der Waals surface area contributed by atoms with E-state index in [-0.39, 0.29) is 0 Å². The van der Waals surface area contributed by atoms with Crippen LogP contribution in [0.5, 0.6) is 11.5 Å². The average molecular weight is 474 g/mol. The van der Waals surface area contributed by atoms with Gasteiger partial charge in [0, 0.05) is 17.4 Å². The van der Waals surface area contributed by atoms with Gasteiger partial charge in [0.1, 0.15) is 18.1 Å². The molecule has 0 aliphatic heterocycles. The molecule has 0 radical (unpaired) electrons. The van der Waals surface area contributed by atoms with Gasteiger partial charge in [0.25, 0.3) is 0 Å². The highest BCUT2D eigenvalue weighted by atomic mass is 16.5. The topological polar surface area (TPSA) is 30.5 Å². The first kappa shape index (κ1) is 26.7. The number of rotatable bonds is 14. The predicted molar refractivity (Wildman–Crippen MR) is 149 cm³/mol. The second kappa shape index (κ2) is 13.8. The molecule has 0 saturated heterocycles. The fourth-order valence-corrected chi connectivity index (χ4v) is 4.54. The quantitative estimate of drug-likeness (QED) is 0.236. The minimum atomic E-state index is 0.368. The van der Waals surface area contributed by atoms with Crippen LogP contribution in [0.15, 0.2) is 66.7 Å². The van der Waals surface area contributed by atoms with Crippen molar-refractivity contribution < 1.29 is 9.47 Å². The third-order valence-electron chi connectivity index (χ3n) is 6.52. The van der Waals surface area contributed by atoms with Gasteiger partial charge in [0.15, 0.2) is 0 Å². The molecule has 35 heavy (non-hydrogen) atoms. The zero-order valence-corrected chi connectivity index (χ0v) is 22.3. The van der Waals surface area contributed by atoms with Crippen LogP contribution in [0, 0.1) is 12.8 Å². The van der Waals surface area contributed by atoms with Gasteiger partial charge in [-0.05, 0) is 78.6 Å². The molecular weight excluding hydrogens is 430 g/mol. The highest BCUT2D eigenvalue weighted by Crippen LogP contribution is 2.32. The van der Waals surface area contributed by atoms with Gasteiger partial charge in [-0.15, -0.1) is 0 Å². The van der Waals surface area contributed by atoms with Crippen molar-refractivity contribution in [1.82, 2.24) is 0 Å². The van der Waals surface area contributed by atoms with Crippen LogP contribution in [0.4, 0.5) is 11.4 Å². The summed E-state index contributed by atoms with van der Waals surface area (Å²) in [4.78, 5) is 0. The molecule has 3 aromatic carbocycles. The van der Waals surface area contributed by atoms with E-state index in [0.717, 1.165) is 41.8 Å². The summed E-state index contributed by atoms with van der Waals surface area (Å²) in [6, 6.07) is 23.0. The first-order valence-electron chi connectivity index (χ1n) is 13.3. The van der Waals surface area contributed by atoms with Crippen LogP contribution in [0.2, 0.25) is 0 Å². The SMILES string of the molecule is CCCC(CC)CCCOc1cc(C)cc(Nc2ccc(OCc3ccccc3)cc2C(C)C)c1. The number of hydrogen-bond acceptors (Lipinski definition) is 3. The zero-order chi connectivity index (χ0) is 25.0. The van der Waals surface area contributed by atoms with E-state index in [4.69, 9.17) is 9.47 Å². The standard InChI is InChI=1S/C32H43NO2/c1-6-12-26(7-2)15-11-18-34-30-20-25(5)19-28(21-30)33-32-17-16-29(22-31(32)24(3)4)35-23-27-13-9-8-10-14-27/h8-10,13-14,16-17,19-22,24,26,33H,6-7,11-12,15,18,23H2,1-5H3. The number of benzene rings is 3. The van der Waals surface area contributed by atoms with Gasteiger partial charge in [-0.1, -0.05) is 77.3 Å². The lowest BCUT2D eigenvalue weighted by atomic mass is 9.96. The summed E-state index contributed by atoms with van der Waals surface area (Å²) in [6.45, 7) is 12.5. The molecule has 1 atom stereocenters. The second-order valence-corrected chi connectivity index (χ2v) is 9.89. The van der Waals surface area contributed by atoms with E-state index in [1.165, 1.54) is 42.4 Å². The van der Waals surface area contributed by atoms with Crippen molar-refractivity contribution in [3.63, 3.8) is 0 Å². The molecule has 0 heterocycles. The molecule has 0 fully saturated rings. The van der Waals surface area contributed by atoms with Gasteiger partial charge in [-0.25, -0.2) is 0 Å². The summed E-state index contributed by atoms with van der Waals surface area (Å²) in [5.41, 5.74) is 5.76. The maximum absolute atomic E-state index is 6.15. The van der Waals surface area contributed by atoms with Crippen molar-refractivity contribution >= 4 is 11.4 Å². The number of hydrogen-bond donors (Lipinski definition) is 1. The molecule has 1 N–H and O–H groups in total. The zero-order valence-electron chi connectivity index (χ0n) is 22.3. The van der Waals surface area contributed by atoms with Gasteiger partial charge < -0.3 is 14.8 Å². The van der Waals surface area contributed by atoms with Crippen molar-refractivity contribution in [2.24, 2.45) is 5.92 Å². The molecule has 3 nitrogen and oxygen atoms in total. The van der Waals surface area contributed by atoms with Crippen molar-refractivity contribution in [3.05, 3.63) is 83.4 Å². The molecule has 3 rings (SSSR count). The Labute approximate surface area is 212 Å². The Hall–Kier alpha value is -2.94. The molecule has 0 saturated carbocycles. The second-order valence-electron chi connectivity index (χ2n) is 9.89. The molecule has 1 unspecified atom stereocenters. The maximum atomic E-state index is 6.15. The lowest BCUT2D eigenvalue weighted by Crippen LogP contribution is -2.04. The molecule has 0 aromatic heterocycles. The summed E-state index contributed by atoms with van der Waals surface area (Å²) in [6.07, 6.45) is 6.21. The minimum absolute atomic E-state index is 0.368. The Morgan fingerprint density at radius 3 is 2.34 bits per heavy atom. The Morgan fingerprint density at radius 1 is 0.829 bits per heavy atom. The normalized spacial score (nSPS) is 11.9. The lowest BCUT2D eigenvalue weighted by Gasteiger charge is -2.18. The van der Waals surface area contributed by atoms with Crippen LogP contribution in [-0.4, -0.2) is 6.61 Å². The van der Waals surface area contributed by atoms with E-state index in [1.807, 2.05) is 24.3 Å². The van der Waals surface area contributed by atoms with Gasteiger partial charge in [-0.2, -0.15) is 0 Å². The molecule has 0 bridgehead atoms. The Balaban J connectivity index is 1.64. The summed E-state index contributed by atoms with van der Waals surface area (Å²) in [5.74, 6) is 3.02. The number of nitrogens with one attached hydrogen (secondary N) is 1. The lowest BCUT2D eigenvalue weighted by molar-refractivity contribution is 0.286. The summed E-state index contributed by atoms with van der Waals surface area (Å²) in [7, 11) is 0. The smallest absolute Gasteiger partial charge is 0.121 e.